The Kier molecular flexibility index (Phi) is 4.61. The van der Waals surface area contributed by atoms with Gasteiger partial charge in [0.05, 0.1) is 12.8 Å². The number of nitrogens with zero attached hydrogens (tertiary/aromatic N) is 1. The normalized spacial score (nSPS) is 11.8. The third-order valence-corrected chi connectivity index (χ3v) is 4.22. The van der Waals surface area contributed by atoms with Crippen molar-refractivity contribution >= 4 is 10.9 Å². The van der Waals surface area contributed by atoms with E-state index >= 15 is 0 Å². The summed E-state index contributed by atoms with van der Waals surface area (Å²) in [4.78, 5) is 4.73. The molecule has 1 aromatic carbocycles. The van der Waals surface area contributed by atoms with Crippen LogP contribution < -0.4 is 10.1 Å². The summed E-state index contributed by atoms with van der Waals surface area (Å²) in [6, 6.07) is 10.2. The number of aromatic nitrogens is 1. The van der Waals surface area contributed by atoms with E-state index in [2.05, 4.69) is 44.3 Å². The van der Waals surface area contributed by atoms with Gasteiger partial charge in [-0.25, -0.2) is 4.98 Å². The highest BCUT2D eigenvalue weighted by molar-refractivity contribution is 5.84. The lowest BCUT2D eigenvalue weighted by atomic mass is 9.95. The molecule has 0 bridgehead atoms. The maximum absolute atomic E-state index is 5.39. The van der Waals surface area contributed by atoms with Gasteiger partial charge < -0.3 is 10.1 Å². The Morgan fingerprint density at radius 1 is 1.15 bits per heavy atom. The van der Waals surface area contributed by atoms with E-state index in [1.165, 1.54) is 0 Å². The first-order valence-electron chi connectivity index (χ1n) is 7.29. The number of fused-ring (bicyclic) bond motifs is 1. The number of hydrogen-bond donors (Lipinski definition) is 1. The van der Waals surface area contributed by atoms with Gasteiger partial charge in [0, 0.05) is 17.5 Å². The first kappa shape index (κ1) is 14.8. The Morgan fingerprint density at radius 3 is 2.55 bits per heavy atom. The number of para-hydroxylation sites is 1. The molecule has 0 unspecified atom stereocenters. The quantitative estimate of drug-likeness (QED) is 0.865. The second-order valence-corrected chi connectivity index (χ2v) is 5.46. The summed E-state index contributed by atoms with van der Waals surface area (Å²) in [5, 5.41) is 4.72. The van der Waals surface area contributed by atoms with Crippen LogP contribution in [-0.4, -0.2) is 17.6 Å². The number of nitrogens with one attached hydrogen (secondary N) is 1. The van der Waals surface area contributed by atoms with Crippen molar-refractivity contribution < 1.29 is 4.74 Å². The minimum absolute atomic E-state index is 0.178. The van der Waals surface area contributed by atoms with Crippen LogP contribution >= 0.6 is 0 Å². The Hall–Kier alpha value is -1.61. The summed E-state index contributed by atoms with van der Waals surface area (Å²) in [5.74, 6) is 0.832. The Bertz CT molecular complexity index is 576. The third kappa shape index (κ3) is 3.10. The van der Waals surface area contributed by atoms with Gasteiger partial charge >= 0.3 is 0 Å². The van der Waals surface area contributed by atoms with Crippen LogP contribution in [0.25, 0.3) is 10.9 Å². The first-order chi connectivity index (χ1) is 9.61. The largest absolute Gasteiger partial charge is 0.494 e. The van der Waals surface area contributed by atoms with Gasteiger partial charge in [-0.3, -0.25) is 0 Å². The molecule has 0 spiro atoms. The highest BCUT2D eigenvalue weighted by Crippen LogP contribution is 2.23. The van der Waals surface area contributed by atoms with E-state index in [9.17, 15) is 0 Å². The molecule has 0 aliphatic rings. The van der Waals surface area contributed by atoms with Crippen LogP contribution in [0.15, 0.2) is 30.3 Å². The summed E-state index contributed by atoms with van der Waals surface area (Å²) < 4.78 is 5.39. The van der Waals surface area contributed by atoms with Crippen LogP contribution in [-0.2, 0) is 6.54 Å². The molecule has 0 saturated heterocycles. The van der Waals surface area contributed by atoms with Crippen LogP contribution in [0.3, 0.4) is 0 Å². The molecule has 0 saturated carbocycles. The van der Waals surface area contributed by atoms with Crippen molar-refractivity contribution in [3.8, 4) is 5.75 Å². The van der Waals surface area contributed by atoms with E-state index in [1.807, 2.05) is 12.1 Å². The molecule has 0 amide bonds. The lowest BCUT2D eigenvalue weighted by Crippen LogP contribution is -2.40. The van der Waals surface area contributed by atoms with E-state index in [1.54, 1.807) is 7.11 Å². The summed E-state index contributed by atoms with van der Waals surface area (Å²) in [7, 11) is 1.69. The topological polar surface area (TPSA) is 34.1 Å². The molecule has 108 valence electrons. The molecule has 20 heavy (non-hydrogen) atoms. The van der Waals surface area contributed by atoms with E-state index < -0.39 is 0 Å². The predicted octanol–water partition coefficient (Wildman–Crippen LogP) is 3.91. The SMILES string of the molecule is CCC(C)(CC)NCc1ccc2cccc(OC)c2n1. The van der Waals surface area contributed by atoms with Crippen molar-refractivity contribution in [1.82, 2.24) is 10.3 Å². The van der Waals surface area contributed by atoms with E-state index in [0.29, 0.717) is 0 Å². The lowest BCUT2D eigenvalue weighted by molar-refractivity contribution is 0.328. The van der Waals surface area contributed by atoms with Gasteiger partial charge in [-0.1, -0.05) is 32.0 Å². The summed E-state index contributed by atoms with van der Waals surface area (Å²) in [6.07, 6.45) is 2.22. The van der Waals surface area contributed by atoms with Gasteiger partial charge in [0.1, 0.15) is 11.3 Å². The van der Waals surface area contributed by atoms with Crippen molar-refractivity contribution in [2.75, 3.05) is 7.11 Å². The average Bonchev–Trinajstić information content (AvgIpc) is 2.51. The first-order valence-corrected chi connectivity index (χ1v) is 7.29. The maximum atomic E-state index is 5.39. The molecule has 0 aliphatic carbocycles. The Labute approximate surface area is 121 Å². The maximum Gasteiger partial charge on any atom is 0.145 e. The zero-order chi connectivity index (χ0) is 14.6. The van der Waals surface area contributed by atoms with Gasteiger partial charge in [0.25, 0.3) is 0 Å². The molecule has 0 radical (unpaired) electrons. The van der Waals surface area contributed by atoms with Crippen LogP contribution in [0.5, 0.6) is 5.75 Å². The zero-order valence-electron chi connectivity index (χ0n) is 12.9. The van der Waals surface area contributed by atoms with Crippen LogP contribution in [0.4, 0.5) is 0 Å². The molecule has 3 nitrogen and oxygen atoms in total. The van der Waals surface area contributed by atoms with Crippen molar-refractivity contribution in [1.29, 1.82) is 0 Å². The average molecular weight is 272 g/mol. The van der Waals surface area contributed by atoms with Crippen LogP contribution in [0, 0.1) is 0 Å². The lowest BCUT2D eigenvalue weighted by Gasteiger charge is -2.28. The molecule has 0 aliphatic heterocycles. The fraction of sp³-hybridized carbons (Fsp3) is 0.471. The molecule has 1 N–H and O–H groups in total. The van der Waals surface area contributed by atoms with E-state index in [4.69, 9.17) is 9.72 Å². The number of pyridine rings is 1. The second-order valence-electron chi connectivity index (χ2n) is 5.46. The third-order valence-electron chi connectivity index (χ3n) is 4.22. The van der Waals surface area contributed by atoms with Gasteiger partial charge in [0.15, 0.2) is 0 Å². The summed E-state index contributed by atoms with van der Waals surface area (Å²) >= 11 is 0. The summed E-state index contributed by atoms with van der Waals surface area (Å²) in [5.41, 5.74) is 2.16. The van der Waals surface area contributed by atoms with Crippen molar-refractivity contribution in [2.45, 2.75) is 45.7 Å². The van der Waals surface area contributed by atoms with Gasteiger partial charge in [-0.05, 0) is 31.9 Å². The summed E-state index contributed by atoms with van der Waals surface area (Å²) in [6.45, 7) is 7.47. The number of benzene rings is 1. The Morgan fingerprint density at radius 2 is 1.90 bits per heavy atom. The molecule has 2 rings (SSSR count). The fourth-order valence-electron chi connectivity index (χ4n) is 2.23. The van der Waals surface area contributed by atoms with Crippen molar-refractivity contribution in [2.24, 2.45) is 0 Å². The molecule has 2 aromatic rings. The highest BCUT2D eigenvalue weighted by atomic mass is 16.5. The van der Waals surface area contributed by atoms with E-state index in [0.717, 1.165) is 41.7 Å². The number of hydrogen-bond acceptors (Lipinski definition) is 3. The number of ether oxygens (including phenoxy) is 1. The molecular weight excluding hydrogens is 248 g/mol. The number of methoxy groups -OCH3 is 1. The zero-order valence-corrected chi connectivity index (χ0v) is 12.9. The van der Waals surface area contributed by atoms with Crippen molar-refractivity contribution in [3.63, 3.8) is 0 Å². The van der Waals surface area contributed by atoms with Crippen LogP contribution in [0.1, 0.15) is 39.3 Å². The molecule has 3 heteroatoms. The molecular formula is C17H24N2O. The van der Waals surface area contributed by atoms with Gasteiger partial charge in [0.2, 0.25) is 0 Å². The molecule has 1 heterocycles. The van der Waals surface area contributed by atoms with Crippen molar-refractivity contribution in [3.05, 3.63) is 36.0 Å². The van der Waals surface area contributed by atoms with Gasteiger partial charge in [-0.15, -0.1) is 0 Å². The molecule has 0 atom stereocenters. The minimum Gasteiger partial charge on any atom is -0.494 e. The monoisotopic (exact) mass is 272 g/mol. The van der Waals surface area contributed by atoms with Crippen LogP contribution in [0.2, 0.25) is 0 Å². The second kappa shape index (κ2) is 6.23. The van der Waals surface area contributed by atoms with Gasteiger partial charge in [-0.2, -0.15) is 0 Å². The molecule has 1 aromatic heterocycles. The van der Waals surface area contributed by atoms with E-state index in [-0.39, 0.29) is 5.54 Å². The molecule has 0 fully saturated rings. The fourth-order valence-corrected chi connectivity index (χ4v) is 2.23. The highest BCUT2D eigenvalue weighted by Gasteiger charge is 2.18. The number of rotatable bonds is 6. The Balaban J connectivity index is 2.23. The standard InChI is InChI=1S/C17H24N2O/c1-5-17(3,6-2)18-12-14-11-10-13-8-7-9-15(20-4)16(13)19-14/h7-11,18H,5-6,12H2,1-4H3. The predicted molar refractivity (Wildman–Crippen MR) is 84.1 cm³/mol. The smallest absolute Gasteiger partial charge is 0.145 e. The minimum atomic E-state index is 0.178.